The normalized spacial score (nSPS) is 19.7. The van der Waals surface area contributed by atoms with Gasteiger partial charge in [0.1, 0.15) is 10.8 Å². The number of amides is 1. The van der Waals surface area contributed by atoms with Crippen molar-refractivity contribution < 1.29 is 19.1 Å². The van der Waals surface area contributed by atoms with E-state index in [1.165, 1.54) is 28.8 Å². The number of nitrogens with zero attached hydrogens (tertiary/aromatic N) is 1. The highest BCUT2D eigenvalue weighted by molar-refractivity contribution is 7.09. The molecule has 0 saturated heterocycles. The van der Waals surface area contributed by atoms with E-state index in [1.807, 2.05) is 6.07 Å². The fraction of sp³-hybridized carbons (Fsp3) is 0.267. The summed E-state index contributed by atoms with van der Waals surface area (Å²) in [5.41, 5.74) is 0.820. The Morgan fingerprint density at radius 2 is 2.27 bits per heavy atom. The molecule has 7 heteroatoms. The van der Waals surface area contributed by atoms with Crippen molar-refractivity contribution in [1.82, 2.24) is 10.3 Å². The second kappa shape index (κ2) is 5.84. The van der Waals surface area contributed by atoms with Gasteiger partial charge < -0.3 is 10.4 Å². The van der Waals surface area contributed by atoms with Gasteiger partial charge in [-0.1, -0.05) is 12.1 Å². The van der Waals surface area contributed by atoms with E-state index in [4.69, 9.17) is 5.11 Å². The number of rotatable bonds is 5. The quantitative estimate of drug-likeness (QED) is 0.886. The van der Waals surface area contributed by atoms with Crippen LogP contribution in [0.4, 0.5) is 4.39 Å². The van der Waals surface area contributed by atoms with Crippen molar-refractivity contribution >= 4 is 23.2 Å². The third-order valence-corrected chi connectivity index (χ3v) is 4.44. The topological polar surface area (TPSA) is 79.3 Å². The number of benzene rings is 1. The van der Waals surface area contributed by atoms with E-state index in [-0.39, 0.29) is 35.8 Å². The van der Waals surface area contributed by atoms with Gasteiger partial charge >= 0.3 is 5.97 Å². The lowest BCUT2D eigenvalue weighted by Gasteiger charge is -2.03. The summed E-state index contributed by atoms with van der Waals surface area (Å²) in [7, 11) is 0. The average molecular weight is 320 g/mol. The summed E-state index contributed by atoms with van der Waals surface area (Å²) in [5.74, 6) is -1.58. The van der Waals surface area contributed by atoms with Crippen molar-refractivity contribution in [2.45, 2.75) is 18.9 Å². The highest BCUT2D eigenvalue weighted by Gasteiger charge is 2.43. The van der Waals surface area contributed by atoms with E-state index in [9.17, 15) is 14.0 Å². The zero-order valence-corrected chi connectivity index (χ0v) is 12.3. The molecule has 1 aliphatic rings. The molecule has 0 aliphatic heterocycles. The van der Waals surface area contributed by atoms with Crippen LogP contribution in [0.25, 0.3) is 0 Å². The van der Waals surface area contributed by atoms with Gasteiger partial charge in [-0.15, -0.1) is 11.3 Å². The van der Waals surface area contributed by atoms with E-state index in [1.54, 1.807) is 6.07 Å². The summed E-state index contributed by atoms with van der Waals surface area (Å²) in [6.07, 6.45) is 0.702. The van der Waals surface area contributed by atoms with Gasteiger partial charge in [-0.3, -0.25) is 4.79 Å². The predicted octanol–water partition coefficient (Wildman–Crippen LogP) is 2.40. The SMILES string of the molecule is O=C(O)c1csc(CNC(=O)[C@@H]2C[C@H]2c2cccc(F)c2)n1. The number of halogens is 1. The molecule has 3 rings (SSSR count). The molecule has 0 spiro atoms. The fourth-order valence-electron chi connectivity index (χ4n) is 2.37. The maximum Gasteiger partial charge on any atom is 0.355 e. The summed E-state index contributed by atoms with van der Waals surface area (Å²) in [6.45, 7) is 0.211. The molecule has 0 bridgehead atoms. The van der Waals surface area contributed by atoms with Crippen molar-refractivity contribution in [3.05, 3.63) is 51.7 Å². The van der Waals surface area contributed by atoms with Crippen molar-refractivity contribution in [3.63, 3.8) is 0 Å². The first kappa shape index (κ1) is 14.6. The van der Waals surface area contributed by atoms with Gasteiger partial charge in [0.2, 0.25) is 5.91 Å². The number of carboxylic acid groups (broad SMARTS) is 1. The van der Waals surface area contributed by atoms with Gasteiger partial charge in [0.25, 0.3) is 0 Å². The van der Waals surface area contributed by atoms with E-state index in [0.29, 0.717) is 11.4 Å². The lowest BCUT2D eigenvalue weighted by atomic mass is 10.1. The van der Waals surface area contributed by atoms with Gasteiger partial charge in [0, 0.05) is 11.3 Å². The van der Waals surface area contributed by atoms with Crippen LogP contribution >= 0.6 is 11.3 Å². The van der Waals surface area contributed by atoms with E-state index >= 15 is 0 Å². The van der Waals surface area contributed by atoms with E-state index in [2.05, 4.69) is 10.3 Å². The molecular formula is C15H13FN2O3S. The summed E-state index contributed by atoms with van der Waals surface area (Å²) in [4.78, 5) is 26.7. The number of nitrogens with one attached hydrogen (secondary N) is 1. The van der Waals surface area contributed by atoms with Gasteiger partial charge in [-0.2, -0.15) is 0 Å². The number of aromatic carboxylic acids is 1. The summed E-state index contributed by atoms with van der Waals surface area (Å²) in [6, 6.07) is 6.29. The largest absolute Gasteiger partial charge is 0.476 e. The van der Waals surface area contributed by atoms with Crippen LogP contribution in [-0.2, 0) is 11.3 Å². The van der Waals surface area contributed by atoms with Gasteiger partial charge in [0.05, 0.1) is 6.54 Å². The van der Waals surface area contributed by atoms with Crippen LogP contribution in [0.3, 0.4) is 0 Å². The summed E-state index contributed by atoms with van der Waals surface area (Å²) in [5, 5.41) is 13.5. The van der Waals surface area contributed by atoms with Crippen LogP contribution < -0.4 is 5.32 Å². The third-order valence-electron chi connectivity index (χ3n) is 3.59. The molecule has 0 unspecified atom stereocenters. The first-order valence-electron chi connectivity index (χ1n) is 6.75. The molecule has 1 aromatic carbocycles. The van der Waals surface area contributed by atoms with Crippen LogP contribution in [0.1, 0.15) is 33.4 Å². The predicted molar refractivity (Wildman–Crippen MR) is 78.2 cm³/mol. The number of hydrogen-bond acceptors (Lipinski definition) is 4. The zero-order chi connectivity index (χ0) is 15.7. The second-order valence-corrected chi connectivity index (χ2v) is 6.10. The first-order chi connectivity index (χ1) is 10.5. The Balaban J connectivity index is 1.54. The first-order valence-corrected chi connectivity index (χ1v) is 7.63. The van der Waals surface area contributed by atoms with E-state index in [0.717, 1.165) is 5.56 Å². The van der Waals surface area contributed by atoms with Crippen LogP contribution in [-0.4, -0.2) is 22.0 Å². The van der Waals surface area contributed by atoms with Crippen molar-refractivity contribution in [2.24, 2.45) is 5.92 Å². The highest BCUT2D eigenvalue weighted by Crippen LogP contribution is 2.47. The molecule has 1 fully saturated rings. The average Bonchev–Trinajstić information content (AvgIpc) is 3.15. The van der Waals surface area contributed by atoms with Gasteiger partial charge in [-0.25, -0.2) is 14.2 Å². The molecule has 5 nitrogen and oxygen atoms in total. The molecule has 1 heterocycles. The monoisotopic (exact) mass is 320 g/mol. The minimum absolute atomic E-state index is 0.0155. The Bertz CT molecular complexity index is 731. The molecule has 1 aliphatic carbocycles. The molecule has 1 aromatic heterocycles. The molecule has 1 amide bonds. The summed E-state index contributed by atoms with van der Waals surface area (Å²) >= 11 is 1.19. The van der Waals surface area contributed by atoms with Crippen LogP contribution in [0, 0.1) is 11.7 Å². The number of thiazole rings is 1. The Morgan fingerprint density at radius 3 is 2.95 bits per heavy atom. The smallest absolute Gasteiger partial charge is 0.355 e. The fourth-order valence-corrected chi connectivity index (χ4v) is 3.08. The van der Waals surface area contributed by atoms with Gasteiger partial charge in [0.15, 0.2) is 5.69 Å². The number of carbonyl (C=O) groups excluding carboxylic acids is 1. The number of hydrogen-bond donors (Lipinski definition) is 2. The zero-order valence-electron chi connectivity index (χ0n) is 11.5. The molecule has 114 valence electrons. The minimum atomic E-state index is -1.08. The molecule has 2 atom stereocenters. The van der Waals surface area contributed by atoms with Crippen LogP contribution in [0.5, 0.6) is 0 Å². The van der Waals surface area contributed by atoms with Crippen LogP contribution in [0.2, 0.25) is 0 Å². The Hall–Kier alpha value is -2.28. The Morgan fingerprint density at radius 1 is 1.45 bits per heavy atom. The molecular weight excluding hydrogens is 307 g/mol. The third kappa shape index (κ3) is 3.14. The number of carbonyl (C=O) groups is 2. The molecule has 2 aromatic rings. The van der Waals surface area contributed by atoms with Crippen LogP contribution in [0.15, 0.2) is 29.6 Å². The highest BCUT2D eigenvalue weighted by atomic mass is 32.1. The molecule has 1 saturated carbocycles. The molecule has 22 heavy (non-hydrogen) atoms. The Kier molecular flexibility index (Phi) is 3.89. The summed E-state index contributed by atoms with van der Waals surface area (Å²) < 4.78 is 13.2. The second-order valence-electron chi connectivity index (χ2n) is 5.15. The maximum atomic E-state index is 13.2. The van der Waals surface area contributed by atoms with Crippen molar-refractivity contribution in [2.75, 3.05) is 0 Å². The van der Waals surface area contributed by atoms with Crippen molar-refractivity contribution in [3.8, 4) is 0 Å². The minimum Gasteiger partial charge on any atom is -0.476 e. The number of carboxylic acids is 1. The van der Waals surface area contributed by atoms with Gasteiger partial charge in [-0.05, 0) is 30.0 Å². The number of aromatic nitrogens is 1. The molecule has 2 N–H and O–H groups in total. The molecule has 0 radical (unpaired) electrons. The van der Waals surface area contributed by atoms with Crippen molar-refractivity contribution in [1.29, 1.82) is 0 Å². The lowest BCUT2D eigenvalue weighted by molar-refractivity contribution is -0.122. The standard InChI is InChI=1S/C15H13FN2O3S/c16-9-3-1-2-8(4-9)10-5-11(10)14(19)17-6-13-18-12(7-22-13)15(20)21/h1-4,7,10-11H,5-6H2,(H,17,19)(H,20,21)/t10-,11+/m0/s1. The Labute approximate surface area is 129 Å². The maximum absolute atomic E-state index is 13.2. The lowest BCUT2D eigenvalue weighted by Crippen LogP contribution is -2.24. The van der Waals surface area contributed by atoms with E-state index < -0.39 is 5.97 Å².